The molecule has 2 heterocycles. The molecule has 3 rings (SSSR count). The van der Waals surface area contributed by atoms with Gasteiger partial charge in [-0.25, -0.2) is 9.37 Å². The average Bonchev–Trinajstić information content (AvgIpc) is 3.19. The number of nitro groups is 1. The smallest absolute Gasteiger partial charge is 0.311 e. The molecule has 1 aromatic carbocycles. The average molecular weight is 456 g/mol. The summed E-state index contributed by atoms with van der Waals surface area (Å²) in [7, 11) is 0. The molecule has 0 bridgehead atoms. The molecule has 0 aliphatic rings. The molecule has 5 N–H and O–H groups in total. The second-order valence-corrected chi connectivity index (χ2v) is 7.53. The van der Waals surface area contributed by atoms with Crippen molar-refractivity contribution in [2.45, 2.75) is 26.0 Å². The zero-order chi connectivity index (χ0) is 24.0. The first-order valence-electron chi connectivity index (χ1n) is 10.3. The van der Waals surface area contributed by atoms with Crippen LogP contribution in [0.2, 0.25) is 0 Å². The maximum absolute atomic E-state index is 13.3. The van der Waals surface area contributed by atoms with Crippen molar-refractivity contribution in [2.24, 2.45) is 0 Å². The second kappa shape index (κ2) is 10.6. The first-order valence-corrected chi connectivity index (χ1v) is 10.3. The number of nitrogen functional groups attached to an aromatic ring is 1. The molecule has 0 aliphatic heterocycles. The SMILES string of the molecule is C[C@@H](O)CNC(=O)c1cn(CCCNc2ccc([N+](=O)[O-])c(N)n2)cc1-c1ccc(F)cc1. The largest absolute Gasteiger partial charge is 0.392 e. The number of carbonyl (C=O) groups excluding carboxylic acids is 1. The van der Waals surface area contributed by atoms with Gasteiger partial charge in [0.25, 0.3) is 5.91 Å². The quantitative estimate of drug-likeness (QED) is 0.208. The Morgan fingerprint density at radius 3 is 2.64 bits per heavy atom. The summed E-state index contributed by atoms with van der Waals surface area (Å²) < 4.78 is 15.2. The van der Waals surface area contributed by atoms with E-state index in [-0.39, 0.29) is 29.8 Å². The third-order valence-corrected chi connectivity index (χ3v) is 4.84. The van der Waals surface area contributed by atoms with Crippen molar-refractivity contribution in [3.05, 3.63) is 70.3 Å². The molecule has 2 aromatic heterocycles. The van der Waals surface area contributed by atoms with E-state index in [0.717, 1.165) is 0 Å². The van der Waals surface area contributed by atoms with Gasteiger partial charge in [-0.2, -0.15) is 0 Å². The lowest BCUT2D eigenvalue weighted by Crippen LogP contribution is -2.30. The molecule has 174 valence electrons. The molecule has 0 saturated heterocycles. The number of nitrogens with two attached hydrogens (primary N) is 1. The zero-order valence-electron chi connectivity index (χ0n) is 18.0. The lowest BCUT2D eigenvalue weighted by atomic mass is 10.0. The highest BCUT2D eigenvalue weighted by atomic mass is 19.1. The number of hydrogen-bond donors (Lipinski definition) is 4. The third-order valence-electron chi connectivity index (χ3n) is 4.84. The molecule has 0 spiro atoms. The molecule has 11 heteroatoms. The number of benzene rings is 1. The predicted molar refractivity (Wildman–Crippen MR) is 122 cm³/mol. The van der Waals surface area contributed by atoms with Gasteiger partial charge in [-0.15, -0.1) is 0 Å². The predicted octanol–water partition coefficient (Wildman–Crippen LogP) is 2.79. The molecule has 10 nitrogen and oxygen atoms in total. The number of hydrogen-bond acceptors (Lipinski definition) is 7. The monoisotopic (exact) mass is 456 g/mol. The zero-order valence-corrected chi connectivity index (χ0v) is 18.0. The summed E-state index contributed by atoms with van der Waals surface area (Å²) in [6.07, 6.45) is 3.49. The molecular formula is C22H25FN6O4. The summed E-state index contributed by atoms with van der Waals surface area (Å²) in [5, 5.41) is 26.0. The van der Waals surface area contributed by atoms with Gasteiger partial charge in [0.05, 0.1) is 16.6 Å². The first kappa shape index (κ1) is 23.7. The molecule has 0 radical (unpaired) electrons. The number of carbonyl (C=O) groups is 1. The normalized spacial score (nSPS) is 11.7. The summed E-state index contributed by atoms with van der Waals surface area (Å²) in [6.45, 7) is 2.76. The summed E-state index contributed by atoms with van der Waals surface area (Å²) in [5.74, 6) is -0.439. The molecule has 3 aromatic rings. The Labute approximate surface area is 189 Å². The molecule has 33 heavy (non-hydrogen) atoms. The lowest BCUT2D eigenvalue weighted by molar-refractivity contribution is -0.384. The van der Waals surface area contributed by atoms with Crippen molar-refractivity contribution >= 4 is 23.2 Å². The summed E-state index contributed by atoms with van der Waals surface area (Å²) >= 11 is 0. The van der Waals surface area contributed by atoms with Gasteiger partial charge in [0, 0.05) is 43.7 Å². The maximum atomic E-state index is 13.3. The van der Waals surface area contributed by atoms with Crippen LogP contribution in [-0.2, 0) is 6.54 Å². The summed E-state index contributed by atoms with van der Waals surface area (Å²) in [6, 6.07) is 8.65. The molecule has 1 atom stereocenters. The minimum Gasteiger partial charge on any atom is -0.392 e. The Balaban J connectivity index is 1.68. The number of halogens is 1. The molecule has 1 amide bonds. The van der Waals surface area contributed by atoms with Gasteiger partial charge in [0.2, 0.25) is 5.82 Å². The highest BCUT2D eigenvalue weighted by Crippen LogP contribution is 2.26. The Bertz CT molecular complexity index is 1130. The second-order valence-electron chi connectivity index (χ2n) is 7.53. The molecule has 0 unspecified atom stereocenters. The highest BCUT2D eigenvalue weighted by Gasteiger charge is 2.17. The van der Waals surface area contributed by atoms with E-state index in [4.69, 9.17) is 5.73 Å². The summed E-state index contributed by atoms with van der Waals surface area (Å²) in [5.41, 5.74) is 7.11. The van der Waals surface area contributed by atoms with E-state index in [9.17, 15) is 24.4 Å². The highest BCUT2D eigenvalue weighted by molar-refractivity contribution is 6.00. The molecule has 0 fully saturated rings. The Morgan fingerprint density at radius 2 is 2.00 bits per heavy atom. The van der Waals surface area contributed by atoms with Crippen LogP contribution in [0.4, 0.5) is 21.7 Å². The van der Waals surface area contributed by atoms with E-state index in [1.54, 1.807) is 25.3 Å². The Hall–Kier alpha value is -3.99. The van der Waals surface area contributed by atoms with Crippen molar-refractivity contribution in [3.8, 4) is 11.1 Å². The van der Waals surface area contributed by atoms with Gasteiger partial charge in [-0.3, -0.25) is 14.9 Å². The number of aromatic nitrogens is 2. The van der Waals surface area contributed by atoms with Crippen molar-refractivity contribution in [2.75, 3.05) is 24.1 Å². The van der Waals surface area contributed by atoms with Crippen LogP contribution >= 0.6 is 0 Å². The van der Waals surface area contributed by atoms with Crippen LogP contribution in [0.3, 0.4) is 0 Å². The lowest BCUT2D eigenvalue weighted by Gasteiger charge is -2.08. The first-order chi connectivity index (χ1) is 15.7. The van der Waals surface area contributed by atoms with Gasteiger partial charge in [-0.05, 0) is 37.1 Å². The number of anilines is 2. The minimum atomic E-state index is -0.682. The summed E-state index contributed by atoms with van der Waals surface area (Å²) in [4.78, 5) is 26.9. The van der Waals surface area contributed by atoms with Gasteiger partial charge in [0.15, 0.2) is 0 Å². The van der Waals surface area contributed by atoms with E-state index >= 15 is 0 Å². The standard InChI is InChI=1S/C22H25FN6O4/c1-14(30)11-26-22(31)18-13-28(12-17(18)15-3-5-16(23)6-4-15)10-2-9-25-20-8-7-19(29(32)33)21(24)27-20/h3-8,12-14,30H,2,9-11H2,1H3,(H,26,31)(H3,24,25,27)/t14-/m1/s1. The van der Waals surface area contributed by atoms with Crippen molar-refractivity contribution in [3.63, 3.8) is 0 Å². The molecule has 0 saturated carbocycles. The van der Waals surface area contributed by atoms with E-state index in [2.05, 4.69) is 15.6 Å². The van der Waals surface area contributed by atoms with Gasteiger partial charge < -0.3 is 26.0 Å². The fourth-order valence-electron chi connectivity index (χ4n) is 3.21. The fraction of sp³-hybridized carbons (Fsp3) is 0.273. The van der Waals surface area contributed by atoms with Gasteiger partial charge in [0.1, 0.15) is 11.6 Å². The number of aliphatic hydroxyl groups excluding tert-OH is 1. The number of amides is 1. The third kappa shape index (κ3) is 6.26. The van der Waals surface area contributed by atoms with Crippen molar-refractivity contribution < 1.29 is 19.2 Å². The van der Waals surface area contributed by atoms with E-state index in [1.807, 2.05) is 10.8 Å². The van der Waals surface area contributed by atoms with Crippen LogP contribution in [0.15, 0.2) is 48.8 Å². The molecular weight excluding hydrogens is 431 g/mol. The van der Waals surface area contributed by atoms with Crippen molar-refractivity contribution in [1.29, 1.82) is 0 Å². The number of rotatable bonds is 10. The van der Waals surface area contributed by atoms with E-state index in [0.29, 0.717) is 42.0 Å². The fourth-order valence-corrected chi connectivity index (χ4v) is 3.21. The van der Waals surface area contributed by atoms with Gasteiger partial charge >= 0.3 is 5.69 Å². The van der Waals surface area contributed by atoms with E-state index < -0.39 is 11.0 Å². The number of nitrogens with zero attached hydrogens (tertiary/aromatic N) is 3. The number of aliphatic hydroxyl groups is 1. The Kier molecular flexibility index (Phi) is 7.57. The minimum absolute atomic E-state index is 0.113. The van der Waals surface area contributed by atoms with Gasteiger partial charge in [-0.1, -0.05) is 12.1 Å². The van der Waals surface area contributed by atoms with Crippen LogP contribution in [-0.4, -0.2) is 44.7 Å². The number of nitrogens with one attached hydrogen (secondary N) is 2. The maximum Gasteiger partial charge on any atom is 0.311 e. The topological polar surface area (TPSA) is 148 Å². The Morgan fingerprint density at radius 1 is 1.27 bits per heavy atom. The van der Waals surface area contributed by atoms with Crippen LogP contribution in [0.1, 0.15) is 23.7 Å². The molecule has 0 aliphatic carbocycles. The number of pyridine rings is 1. The van der Waals surface area contributed by atoms with Crippen LogP contribution in [0.5, 0.6) is 0 Å². The van der Waals surface area contributed by atoms with Crippen molar-refractivity contribution in [1.82, 2.24) is 14.9 Å². The van der Waals surface area contributed by atoms with E-state index in [1.165, 1.54) is 24.3 Å². The van der Waals surface area contributed by atoms with Crippen LogP contribution < -0.4 is 16.4 Å². The van der Waals surface area contributed by atoms with Crippen LogP contribution in [0, 0.1) is 15.9 Å². The number of aryl methyl sites for hydroxylation is 1. The van der Waals surface area contributed by atoms with Crippen LogP contribution in [0.25, 0.3) is 11.1 Å².